The summed E-state index contributed by atoms with van der Waals surface area (Å²) in [5, 5.41) is 0. The maximum absolute atomic E-state index is 5.96. The molecule has 2 N–H and O–H groups in total. The first-order chi connectivity index (χ1) is 9.38. The first-order valence-corrected chi connectivity index (χ1v) is 6.97. The number of nitrogens with zero attached hydrogens (tertiary/aromatic N) is 1. The van der Waals surface area contributed by atoms with E-state index in [0.717, 1.165) is 25.9 Å². The fourth-order valence-electron chi connectivity index (χ4n) is 2.92. The molecule has 106 valence electrons. The van der Waals surface area contributed by atoms with Crippen LogP contribution in [0.4, 0.5) is 5.69 Å². The van der Waals surface area contributed by atoms with Crippen LogP contribution in [0.5, 0.6) is 0 Å². The molecule has 0 aliphatic carbocycles. The molecule has 2 aromatic rings. The van der Waals surface area contributed by atoms with Crippen LogP contribution in [0, 0.1) is 0 Å². The number of hydrogen-bond acceptors (Lipinski definition) is 2. The van der Waals surface area contributed by atoms with Gasteiger partial charge in [0.05, 0.1) is 0 Å². The first-order valence-electron chi connectivity index (χ1n) is 6.97. The maximum atomic E-state index is 5.96. The van der Waals surface area contributed by atoms with Crippen LogP contribution < -0.4 is 10.6 Å². The molecule has 4 heteroatoms. The monoisotopic (exact) mass is 290 g/mol. The van der Waals surface area contributed by atoms with Gasteiger partial charge in [-0.25, -0.2) is 0 Å². The fourth-order valence-corrected chi connectivity index (χ4v) is 2.92. The van der Waals surface area contributed by atoms with Crippen molar-refractivity contribution in [1.82, 2.24) is 0 Å². The van der Waals surface area contributed by atoms with Gasteiger partial charge >= 0.3 is 18.9 Å². The zero-order valence-electron chi connectivity index (χ0n) is 11.1. The third kappa shape index (κ3) is 4.17. The van der Waals surface area contributed by atoms with Crippen molar-refractivity contribution >= 4 is 41.9 Å². The number of aryl methyl sites for hydroxylation is 1. The quantitative estimate of drug-likeness (QED) is 0.859. The van der Waals surface area contributed by atoms with Crippen molar-refractivity contribution in [2.75, 3.05) is 11.4 Å². The second-order valence-corrected chi connectivity index (χ2v) is 5.17. The molecule has 0 saturated carbocycles. The Labute approximate surface area is 150 Å². The average molecular weight is 290 g/mol. The van der Waals surface area contributed by atoms with Gasteiger partial charge in [-0.05, 0) is 30.0 Å². The number of fused-ring (bicyclic) bond motifs is 1. The van der Waals surface area contributed by atoms with Gasteiger partial charge in [-0.2, -0.15) is 0 Å². The molecule has 1 aliphatic rings. The molecule has 1 unspecified atom stereocenters. The summed E-state index contributed by atoms with van der Waals surface area (Å²) in [7, 11) is 0. The minimum atomic E-state index is 0. The van der Waals surface area contributed by atoms with E-state index in [1.165, 1.54) is 16.8 Å². The van der Waals surface area contributed by atoms with Gasteiger partial charge in [0.1, 0.15) is 0 Å². The molecular formula is C17H24AlLiN2. The molecule has 3 rings (SSSR count). The van der Waals surface area contributed by atoms with Crippen molar-refractivity contribution in [1.29, 1.82) is 0 Å². The second kappa shape index (κ2) is 8.70. The van der Waals surface area contributed by atoms with E-state index >= 15 is 0 Å². The summed E-state index contributed by atoms with van der Waals surface area (Å²) in [4.78, 5) is 2.47. The normalized spacial score (nSPS) is 16.4. The third-order valence-corrected chi connectivity index (χ3v) is 3.96. The number of hydrogen-bond donors (Lipinski definition) is 1. The van der Waals surface area contributed by atoms with Gasteiger partial charge in [0.2, 0.25) is 0 Å². The predicted octanol–water partition coefficient (Wildman–Crippen LogP) is 1.13. The van der Waals surface area contributed by atoms with E-state index in [0.29, 0.717) is 6.04 Å². The summed E-state index contributed by atoms with van der Waals surface area (Å²) < 4.78 is 0. The summed E-state index contributed by atoms with van der Waals surface area (Å²) in [6.45, 7) is 1.67. The van der Waals surface area contributed by atoms with Crippen molar-refractivity contribution < 1.29 is 0 Å². The molecule has 21 heavy (non-hydrogen) atoms. The van der Waals surface area contributed by atoms with E-state index in [2.05, 4.69) is 59.5 Å². The number of anilines is 1. The zero-order chi connectivity index (χ0) is 13.1. The van der Waals surface area contributed by atoms with Crippen molar-refractivity contribution in [3.63, 3.8) is 0 Å². The fraction of sp³-hybridized carbons (Fsp3) is 0.294. The molecule has 1 aliphatic heterocycles. The third-order valence-electron chi connectivity index (χ3n) is 3.96. The summed E-state index contributed by atoms with van der Waals surface area (Å²) in [6, 6.07) is 19.8. The van der Waals surface area contributed by atoms with Gasteiger partial charge < -0.3 is 10.6 Å². The van der Waals surface area contributed by atoms with E-state index in [1.54, 1.807) is 0 Å². The summed E-state index contributed by atoms with van der Waals surface area (Å²) in [6.07, 6.45) is 2.30. The first kappa shape index (κ1) is 18.4. The molecule has 0 bridgehead atoms. The van der Waals surface area contributed by atoms with Crippen molar-refractivity contribution in [3.05, 3.63) is 65.7 Å². The van der Waals surface area contributed by atoms with Crippen molar-refractivity contribution in [2.45, 2.75) is 25.4 Å². The second-order valence-electron chi connectivity index (χ2n) is 5.17. The topological polar surface area (TPSA) is 29.3 Å². The van der Waals surface area contributed by atoms with Crippen molar-refractivity contribution in [3.8, 4) is 0 Å². The van der Waals surface area contributed by atoms with Gasteiger partial charge in [0.25, 0.3) is 0 Å². The average Bonchev–Trinajstić information content (AvgIpc) is 2.49. The standard InChI is InChI=1S/C17H20N2.Al.Li.4H/c18-12-16-11-10-15-8-4-5-9-17(15)19(16)13-14-6-2-1-3-7-14;;;;;;/h1-9,16H,10-13,18H2;;;;;;. The van der Waals surface area contributed by atoms with Crippen LogP contribution in [0.3, 0.4) is 0 Å². The number of nitrogens with two attached hydrogens (primary N) is 1. The van der Waals surface area contributed by atoms with Crippen LogP contribution >= 0.6 is 0 Å². The Hall–Kier alpha value is -0.670. The zero-order valence-corrected chi connectivity index (χ0v) is 11.1. The molecule has 0 amide bonds. The minimum absolute atomic E-state index is 0. The SMILES string of the molecule is NCC1CCc2ccccc2N1Cc1ccccc1.[AlH3].[LiH]. The molecule has 0 saturated heterocycles. The molecule has 2 aromatic carbocycles. The number of rotatable bonds is 3. The van der Waals surface area contributed by atoms with Crippen LogP contribution in [-0.4, -0.2) is 48.8 Å². The Balaban J connectivity index is 0.00000110. The number of benzene rings is 2. The van der Waals surface area contributed by atoms with Gasteiger partial charge in [0, 0.05) is 24.8 Å². The van der Waals surface area contributed by atoms with Crippen LogP contribution in [-0.2, 0) is 13.0 Å². The molecule has 0 aromatic heterocycles. The van der Waals surface area contributed by atoms with E-state index in [1.807, 2.05) is 0 Å². The molecule has 1 heterocycles. The van der Waals surface area contributed by atoms with Crippen LogP contribution in [0.1, 0.15) is 17.5 Å². The van der Waals surface area contributed by atoms with E-state index in [4.69, 9.17) is 5.73 Å². The Morgan fingerprint density at radius 2 is 1.67 bits per heavy atom. The Bertz CT molecular complexity index is 547. The Morgan fingerprint density at radius 1 is 1.00 bits per heavy atom. The van der Waals surface area contributed by atoms with E-state index in [9.17, 15) is 0 Å². The van der Waals surface area contributed by atoms with E-state index in [-0.39, 0.29) is 36.2 Å². The van der Waals surface area contributed by atoms with Gasteiger partial charge in [-0.1, -0.05) is 48.5 Å². The van der Waals surface area contributed by atoms with Gasteiger partial charge in [0.15, 0.2) is 17.4 Å². The molecule has 2 nitrogen and oxygen atoms in total. The number of para-hydroxylation sites is 1. The van der Waals surface area contributed by atoms with Crippen molar-refractivity contribution in [2.24, 2.45) is 5.73 Å². The molecule has 0 radical (unpaired) electrons. The van der Waals surface area contributed by atoms with Crippen LogP contribution in [0.15, 0.2) is 54.6 Å². The Kier molecular flexibility index (Phi) is 7.61. The summed E-state index contributed by atoms with van der Waals surface area (Å²) in [5.41, 5.74) is 10.1. The molecule has 0 spiro atoms. The summed E-state index contributed by atoms with van der Waals surface area (Å²) in [5.74, 6) is 0. The van der Waals surface area contributed by atoms with Crippen LogP contribution in [0.2, 0.25) is 0 Å². The molecule has 0 fully saturated rings. The van der Waals surface area contributed by atoms with Gasteiger partial charge in [-0.15, -0.1) is 0 Å². The molecule has 1 atom stereocenters. The summed E-state index contributed by atoms with van der Waals surface area (Å²) >= 11 is 0. The molecular weight excluding hydrogens is 266 g/mol. The van der Waals surface area contributed by atoms with Crippen LogP contribution in [0.25, 0.3) is 0 Å². The Morgan fingerprint density at radius 3 is 2.38 bits per heavy atom. The predicted molar refractivity (Wildman–Crippen MR) is 97.3 cm³/mol. The van der Waals surface area contributed by atoms with E-state index < -0.39 is 0 Å². The van der Waals surface area contributed by atoms with Gasteiger partial charge in [-0.3, -0.25) is 0 Å².